The van der Waals surface area contributed by atoms with Crippen molar-refractivity contribution in [2.45, 2.75) is 13.0 Å². The molecule has 1 aromatic carbocycles. The van der Waals surface area contributed by atoms with E-state index in [2.05, 4.69) is 20.9 Å². The molecule has 17 heavy (non-hydrogen) atoms. The molecule has 90 valence electrons. The minimum absolute atomic E-state index is 0.615. The third kappa shape index (κ3) is 2.86. The molecule has 0 aliphatic carbocycles. The lowest BCUT2D eigenvalue weighted by Crippen LogP contribution is -1.99. The first-order chi connectivity index (χ1) is 8.22. The van der Waals surface area contributed by atoms with Crippen LogP contribution in [0.3, 0.4) is 0 Å². The van der Waals surface area contributed by atoms with E-state index in [0.717, 1.165) is 16.2 Å². The number of hydrogen-bond donors (Lipinski definition) is 1. The number of benzene rings is 1. The van der Waals surface area contributed by atoms with Gasteiger partial charge in [0, 0.05) is 0 Å². The van der Waals surface area contributed by atoms with E-state index < -0.39 is 6.10 Å². The second-order valence-electron chi connectivity index (χ2n) is 3.42. The Hall–Kier alpha value is -0.910. The summed E-state index contributed by atoms with van der Waals surface area (Å²) in [4.78, 5) is 4.87. The number of halogens is 1. The molecule has 0 saturated heterocycles. The summed E-state index contributed by atoms with van der Waals surface area (Å²) in [6.45, 7) is 2.55. The molecular weight excluding hydrogens is 302 g/mol. The topological polar surface area (TPSA) is 42.4 Å². The second kappa shape index (κ2) is 5.62. The molecule has 0 bridgehead atoms. The van der Waals surface area contributed by atoms with Gasteiger partial charge in [-0.05, 0) is 40.5 Å². The van der Waals surface area contributed by atoms with Gasteiger partial charge in [0.15, 0.2) is 0 Å². The highest BCUT2D eigenvalue weighted by Crippen LogP contribution is 2.32. The van der Waals surface area contributed by atoms with Crippen molar-refractivity contribution in [3.05, 3.63) is 44.8 Å². The highest BCUT2D eigenvalue weighted by atomic mass is 79.9. The highest BCUT2D eigenvalue weighted by molar-refractivity contribution is 9.10. The quantitative estimate of drug-likeness (QED) is 0.940. The number of aliphatic hydroxyl groups is 1. The van der Waals surface area contributed by atoms with E-state index in [9.17, 15) is 5.11 Å². The van der Waals surface area contributed by atoms with Crippen LogP contribution >= 0.6 is 27.3 Å². The Bertz CT molecular complexity index is 501. The molecule has 1 unspecified atom stereocenters. The molecule has 0 radical (unpaired) electrons. The number of nitrogens with zero attached hydrogens (tertiary/aromatic N) is 1. The third-order valence-electron chi connectivity index (χ3n) is 2.28. The molecule has 0 amide bonds. The predicted octanol–water partition coefficient (Wildman–Crippen LogP) is 3.39. The van der Waals surface area contributed by atoms with Crippen molar-refractivity contribution in [1.29, 1.82) is 0 Å². The number of thiazole rings is 1. The maximum atomic E-state index is 10.2. The van der Waals surface area contributed by atoms with Gasteiger partial charge in [-0.15, -0.1) is 11.3 Å². The maximum Gasteiger partial charge on any atom is 0.123 e. The molecule has 2 aromatic rings. The van der Waals surface area contributed by atoms with Crippen LogP contribution in [0.1, 0.15) is 23.5 Å². The van der Waals surface area contributed by atoms with Crippen molar-refractivity contribution in [2.24, 2.45) is 0 Å². The average molecular weight is 314 g/mol. The molecule has 1 N–H and O–H groups in total. The van der Waals surface area contributed by atoms with Crippen LogP contribution in [0.5, 0.6) is 5.75 Å². The molecule has 5 heteroatoms. The van der Waals surface area contributed by atoms with Crippen molar-refractivity contribution >= 4 is 27.3 Å². The maximum absolute atomic E-state index is 10.2. The monoisotopic (exact) mass is 313 g/mol. The van der Waals surface area contributed by atoms with Crippen molar-refractivity contribution < 1.29 is 9.84 Å². The summed E-state index contributed by atoms with van der Waals surface area (Å²) in [5.74, 6) is 0.768. The second-order valence-corrected chi connectivity index (χ2v) is 5.05. The Balaban J connectivity index is 2.28. The fraction of sp³-hybridized carbons (Fsp3) is 0.250. The lowest BCUT2D eigenvalue weighted by Gasteiger charge is -2.11. The van der Waals surface area contributed by atoms with E-state index in [1.807, 2.05) is 31.2 Å². The standard InChI is InChI=1S/C12H12BrNO2S/c1-2-16-9-5-3-4-8(6-9)10(15)11-12(13)14-7-17-11/h3-7,10,15H,2H2,1H3. The normalized spacial score (nSPS) is 12.4. The van der Waals surface area contributed by atoms with Crippen LogP contribution in [0.2, 0.25) is 0 Å². The Morgan fingerprint density at radius 2 is 2.35 bits per heavy atom. The van der Waals surface area contributed by atoms with Crippen molar-refractivity contribution in [3.63, 3.8) is 0 Å². The molecule has 0 saturated carbocycles. The van der Waals surface area contributed by atoms with E-state index in [1.54, 1.807) is 5.51 Å². The SMILES string of the molecule is CCOc1cccc(C(O)c2scnc2Br)c1. The van der Waals surface area contributed by atoms with Gasteiger partial charge in [0.25, 0.3) is 0 Å². The predicted molar refractivity (Wildman–Crippen MR) is 71.5 cm³/mol. The summed E-state index contributed by atoms with van der Waals surface area (Å²) in [5.41, 5.74) is 2.51. The number of aromatic nitrogens is 1. The number of hydrogen-bond acceptors (Lipinski definition) is 4. The Kier molecular flexibility index (Phi) is 4.15. The summed E-state index contributed by atoms with van der Waals surface area (Å²) >= 11 is 4.74. The molecular formula is C12H12BrNO2S. The molecule has 1 aromatic heterocycles. The Labute approximate surface area is 112 Å². The lowest BCUT2D eigenvalue weighted by molar-refractivity contribution is 0.222. The largest absolute Gasteiger partial charge is 0.494 e. The van der Waals surface area contributed by atoms with Gasteiger partial charge < -0.3 is 9.84 Å². The van der Waals surface area contributed by atoms with Gasteiger partial charge in [-0.1, -0.05) is 12.1 Å². The molecule has 0 spiro atoms. The van der Waals surface area contributed by atoms with Crippen molar-refractivity contribution in [2.75, 3.05) is 6.61 Å². The van der Waals surface area contributed by atoms with Crippen LogP contribution < -0.4 is 4.74 Å². The number of aliphatic hydroxyl groups excluding tert-OH is 1. The molecule has 0 aliphatic heterocycles. The van der Waals surface area contributed by atoms with E-state index in [1.165, 1.54) is 11.3 Å². The van der Waals surface area contributed by atoms with E-state index >= 15 is 0 Å². The van der Waals surface area contributed by atoms with Crippen LogP contribution in [0.15, 0.2) is 34.4 Å². The zero-order valence-electron chi connectivity index (χ0n) is 9.26. The van der Waals surface area contributed by atoms with Crippen molar-refractivity contribution in [1.82, 2.24) is 4.98 Å². The van der Waals surface area contributed by atoms with Gasteiger partial charge in [-0.2, -0.15) is 0 Å². The summed E-state index contributed by atoms with van der Waals surface area (Å²) in [6, 6.07) is 7.47. The van der Waals surface area contributed by atoms with Crippen LogP contribution in [0.25, 0.3) is 0 Å². The van der Waals surface area contributed by atoms with Gasteiger partial charge >= 0.3 is 0 Å². The third-order valence-corrected chi connectivity index (χ3v) is 4.06. The van der Waals surface area contributed by atoms with E-state index in [-0.39, 0.29) is 0 Å². The zero-order valence-corrected chi connectivity index (χ0v) is 11.7. The average Bonchev–Trinajstić information content (AvgIpc) is 2.75. The summed E-state index contributed by atoms with van der Waals surface area (Å²) < 4.78 is 6.10. The van der Waals surface area contributed by atoms with Crippen LogP contribution in [0.4, 0.5) is 0 Å². The zero-order chi connectivity index (χ0) is 12.3. The van der Waals surface area contributed by atoms with Gasteiger partial charge in [-0.3, -0.25) is 0 Å². The first kappa shape index (κ1) is 12.5. The van der Waals surface area contributed by atoms with Crippen LogP contribution in [0, 0.1) is 0 Å². The van der Waals surface area contributed by atoms with Crippen molar-refractivity contribution in [3.8, 4) is 5.75 Å². The smallest absolute Gasteiger partial charge is 0.123 e. The highest BCUT2D eigenvalue weighted by Gasteiger charge is 2.16. The van der Waals surface area contributed by atoms with Gasteiger partial charge in [0.2, 0.25) is 0 Å². The van der Waals surface area contributed by atoms with Gasteiger partial charge in [0.1, 0.15) is 16.5 Å². The minimum Gasteiger partial charge on any atom is -0.494 e. The van der Waals surface area contributed by atoms with E-state index in [0.29, 0.717) is 11.2 Å². The summed E-state index contributed by atoms with van der Waals surface area (Å²) in [7, 11) is 0. The van der Waals surface area contributed by atoms with Gasteiger partial charge in [0.05, 0.1) is 17.0 Å². The molecule has 1 heterocycles. The fourth-order valence-electron chi connectivity index (χ4n) is 1.51. The number of ether oxygens (including phenoxy) is 1. The van der Waals surface area contributed by atoms with E-state index in [4.69, 9.17) is 4.74 Å². The first-order valence-corrected chi connectivity index (χ1v) is 6.89. The van der Waals surface area contributed by atoms with Crippen LogP contribution in [-0.2, 0) is 0 Å². The fourth-order valence-corrected chi connectivity index (χ4v) is 2.93. The summed E-state index contributed by atoms with van der Waals surface area (Å²) in [5, 5.41) is 10.2. The van der Waals surface area contributed by atoms with Crippen LogP contribution in [-0.4, -0.2) is 16.7 Å². The van der Waals surface area contributed by atoms with Gasteiger partial charge in [-0.25, -0.2) is 4.98 Å². The molecule has 0 aliphatic rings. The number of rotatable bonds is 4. The molecule has 3 nitrogen and oxygen atoms in total. The first-order valence-electron chi connectivity index (χ1n) is 5.22. The molecule has 2 rings (SSSR count). The molecule has 0 fully saturated rings. The molecule has 1 atom stereocenters. The summed E-state index contributed by atoms with van der Waals surface area (Å²) in [6.07, 6.45) is -0.669. The minimum atomic E-state index is -0.669. The Morgan fingerprint density at radius 1 is 1.53 bits per heavy atom. The Morgan fingerprint density at radius 3 is 3.00 bits per heavy atom. The lowest BCUT2D eigenvalue weighted by atomic mass is 10.1.